The highest BCUT2D eigenvalue weighted by Crippen LogP contribution is 2.25. The van der Waals surface area contributed by atoms with Crippen LogP contribution in [0.15, 0.2) is 30.3 Å². The quantitative estimate of drug-likeness (QED) is 0.795. The predicted molar refractivity (Wildman–Crippen MR) is 85.9 cm³/mol. The van der Waals surface area contributed by atoms with E-state index in [9.17, 15) is 0 Å². The van der Waals surface area contributed by atoms with Gasteiger partial charge in [0.25, 0.3) is 0 Å². The second-order valence-corrected chi connectivity index (χ2v) is 5.31. The van der Waals surface area contributed by atoms with E-state index in [0.29, 0.717) is 35.0 Å². The Balaban J connectivity index is 2.15. The lowest BCUT2D eigenvalue weighted by Gasteiger charge is -2.16. The maximum atomic E-state index is 6.20. The number of hydrogen-bond donors (Lipinski definition) is 1. The van der Waals surface area contributed by atoms with Gasteiger partial charge in [-0.1, -0.05) is 41.4 Å². The van der Waals surface area contributed by atoms with Gasteiger partial charge < -0.3 is 10.1 Å². The summed E-state index contributed by atoms with van der Waals surface area (Å²) in [6, 6.07) is 9.38. The van der Waals surface area contributed by atoms with Crippen LogP contribution < -0.4 is 5.32 Å². The molecule has 112 valence electrons. The Morgan fingerprint density at radius 2 is 2.00 bits per heavy atom. The molecule has 0 radical (unpaired) electrons. The molecule has 21 heavy (non-hydrogen) atoms. The second-order valence-electron chi connectivity index (χ2n) is 4.52. The number of halogens is 2. The highest BCUT2D eigenvalue weighted by Gasteiger charge is 2.11. The minimum absolute atomic E-state index is 0.00427. The number of anilines is 1. The van der Waals surface area contributed by atoms with Crippen molar-refractivity contribution in [2.75, 3.05) is 11.9 Å². The van der Waals surface area contributed by atoms with E-state index in [1.54, 1.807) is 6.07 Å². The van der Waals surface area contributed by atoms with E-state index in [-0.39, 0.29) is 6.04 Å². The number of ether oxygens (including phenoxy) is 1. The molecule has 0 aliphatic rings. The van der Waals surface area contributed by atoms with Crippen molar-refractivity contribution in [3.63, 3.8) is 0 Å². The zero-order valence-electron chi connectivity index (χ0n) is 11.9. The highest BCUT2D eigenvalue weighted by molar-refractivity contribution is 6.31. The van der Waals surface area contributed by atoms with Crippen molar-refractivity contribution in [3.8, 4) is 0 Å². The maximum absolute atomic E-state index is 6.20. The molecule has 1 aromatic carbocycles. The maximum Gasteiger partial charge on any atom is 0.158 e. The van der Waals surface area contributed by atoms with Crippen LogP contribution in [-0.2, 0) is 11.3 Å². The first-order valence-electron chi connectivity index (χ1n) is 6.72. The number of nitrogens with one attached hydrogen (secondary N) is 1. The van der Waals surface area contributed by atoms with Gasteiger partial charge >= 0.3 is 0 Å². The molecule has 0 fully saturated rings. The third-order valence-corrected chi connectivity index (χ3v) is 3.45. The monoisotopic (exact) mass is 325 g/mol. The molecule has 2 rings (SSSR count). The Kier molecular flexibility index (Phi) is 5.79. The summed E-state index contributed by atoms with van der Waals surface area (Å²) in [7, 11) is 0. The van der Waals surface area contributed by atoms with Crippen molar-refractivity contribution in [1.29, 1.82) is 0 Å². The standard InChI is InChI=1S/C15H17Cl2N3O/c1-3-21-9-15-19-13(17)8-14(20-15)18-10(2)11-6-4-5-7-12(11)16/h4-8,10H,3,9H2,1-2H3,(H,18,19,20). The molecule has 0 amide bonds. The van der Waals surface area contributed by atoms with E-state index < -0.39 is 0 Å². The molecule has 1 atom stereocenters. The summed E-state index contributed by atoms with van der Waals surface area (Å²) < 4.78 is 5.31. The normalized spacial score (nSPS) is 12.2. The van der Waals surface area contributed by atoms with Gasteiger partial charge in [-0.2, -0.15) is 0 Å². The van der Waals surface area contributed by atoms with Crippen LogP contribution in [0.4, 0.5) is 5.82 Å². The van der Waals surface area contributed by atoms with Gasteiger partial charge in [0.1, 0.15) is 17.6 Å². The van der Waals surface area contributed by atoms with Crippen LogP contribution in [0.3, 0.4) is 0 Å². The summed E-state index contributed by atoms with van der Waals surface area (Å²) in [6.07, 6.45) is 0. The van der Waals surface area contributed by atoms with E-state index in [1.807, 2.05) is 38.1 Å². The lowest BCUT2D eigenvalue weighted by atomic mass is 10.1. The fourth-order valence-electron chi connectivity index (χ4n) is 1.92. The smallest absolute Gasteiger partial charge is 0.158 e. The van der Waals surface area contributed by atoms with Crippen LogP contribution in [-0.4, -0.2) is 16.6 Å². The molecule has 1 aromatic heterocycles. The Morgan fingerprint density at radius 1 is 1.24 bits per heavy atom. The molecular weight excluding hydrogens is 309 g/mol. The van der Waals surface area contributed by atoms with Gasteiger partial charge in [0.05, 0.1) is 6.04 Å². The number of rotatable bonds is 6. The van der Waals surface area contributed by atoms with Crippen molar-refractivity contribution in [3.05, 3.63) is 51.9 Å². The molecule has 1 unspecified atom stereocenters. The molecular formula is C15H17Cl2N3O. The van der Waals surface area contributed by atoms with Crippen LogP contribution in [0.1, 0.15) is 31.3 Å². The van der Waals surface area contributed by atoms with Gasteiger partial charge in [0.2, 0.25) is 0 Å². The van der Waals surface area contributed by atoms with E-state index in [4.69, 9.17) is 27.9 Å². The van der Waals surface area contributed by atoms with Crippen molar-refractivity contribution in [1.82, 2.24) is 9.97 Å². The third-order valence-electron chi connectivity index (χ3n) is 2.91. The van der Waals surface area contributed by atoms with Crippen LogP contribution >= 0.6 is 23.2 Å². The van der Waals surface area contributed by atoms with E-state index in [0.717, 1.165) is 5.56 Å². The number of benzene rings is 1. The average Bonchev–Trinajstić information content (AvgIpc) is 2.45. The summed E-state index contributed by atoms with van der Waals surface area (Å²) in [5, 5.41) is 4.38. The largest absolute Gasteiger partial charge is 0.374 e. The summed E-state index contributed by atoms with van der Waals surface area (Å²) in [6.45, 7) is 4.88. The molecule has 0 saturated carbocycles. The zero-order chi connectivity index (χ0) is 15.2. The molecule has 6 heteroatoms. The van der Waals surface area contributed by atoms with E-state index in [2.05, 4.69) is 15.3 Å². The minimum atomic E-state index is 0.00427. The molecule has 1 heterocycles. The molecule has 0 bridgehead atoms. The van der Waals surface area contributed by atoms with Crippen LogP contribution in [0, 0.1) is 0 Å². The van der Waals surface area contributed by atoms with Crippen molar-refractivity contribution in [2.45, 2.75) is 26.5 Å². The number of aromatic nitrogens is 2. The first-order chi connectivity index (χ1) is 10.1. The fraction of sp³-hybridized carbons (Fsp3) is 0.333. The Bertz CT molecular complexity index is 607. The zero-order valence-corrected chi connectivity index (χ0v) is 13.4. The number of hydrogen-bond acceptors (Lipinski definition) is 4. The van der Waals surface area contributed by atoms with Crippen LogP contribution in [0.5, 0.6) is 0 Å². The van der Waals surface area contributed by atoms with E-state index >= 15 is 0 Å². The first kappa shape index (κ1) is 16.0. The lowest BCUT2D eigenvalue weighted by Crippen LogP contribution is -2.10. The Morgan fingerprint density at radius 3 is 2.71 bits per heavy atom. The third kappa shape index (κ3) is 4.56. The van der Waals surface area contributed by atoms with Gasteiger partial charge in [-0.05, 0) is 25.5 Å². The minimum Gasteiger partial charge on any atom is -0.374 e. The molecule has 0 aliphatic heterocycles. The van der Waals surface area contributed by atoms with Crippen LogP contribution in [0.25, 0.3) is 0 Å². The molecule has 0 spiro atoms. The van der Waals surface area contributed by atoms with Gasteiger partial charge in [-0.25, -0.2) is 9.97 Å². The average molecular weight is 326 g/mol. The molecule has 2 aromatic rings. The van der Waals surface area contributed by atoms with Crippen molar-refractivity contribution < 1.29 is 4.74 Å². The second kappa shape index (κ2) is 7.59. The summed E-state index contributed by atoms with van der Waals surface area (Å²) >= 11 is 12.2. The van der Waals surface area contributed by atoms with Crippen LogP contribution in [0.2, 0.25) is 10.2 Å². The lowest BCUT2D eigenvalue weighted by molar-refractivity contribution is 0.128. The summed E-state index contributed by atoms with van der Waals surface area (Å²) in [5.74, 6) is 1.20. The topological polar surface area (TPSA) is 47.0 Å². The molecule has 0 aliphatic carbocycles. The van der Waals surface area contributed by atoms with Crippen molar-refractivity contribution in [2.24, 2.45) is 0 Å². The SMILES string of the molecule is CCOCc1nc(Cl)cc(NC(C)c2ccccc2Cl)n1. The van der Waals surface area contributed by atoms with Gasteiger partial charge in [0, 0.05) is 17.7 Å². The Hall–Kier alpha value is -1.36. The summed E-state index contributed by atoms with van der Waals surface area (Å²) in [4.78, 5) is 8.52. The van der Waals surface area contributed by atoms with Crippen molar-refractivity contribution >= 4 is 29.0 Å². The molecule has 4 nitrogen and oxygen atoms in total. The molecule has 0 saturated heterocycles. The Labute approximate surface area is 134 Å². The van der Waals surface area contributed by atoms with Gasteiger partial charge in [-0.3, -0.25) is 0 Å². The fourth-order valence-corrected chi connectivity index (χ4v) is 2.42. The van der Waals surface area contributed by atoms with Gasteiger partial charge in [0.15, 0.2) is 5.82 Å². The summed E-state index contributed by atoms with van der Waals surface area (Å²) in [5.41, 5.74) is 1.00. The van der Waals surface area contributed by atoms with E-state index in [1.165, 1.54) is 0 Å². The highest BCUT2D eigenvalue weighted by atomic mass is 35.5. The predicted octanol–water partition coefficient (Wildman–Crippen LogP) is 4.49. The number of nitrogens with zero attached hydrogens (tertiary/aromatic N) is 2. The van der Waals surface area contributed by atoms with Gasteiger partial charge in [-0.15, -0.1) is 0 Å². The molecule has 1 N–H and O–H groups in total. The first-order valence-corrected chi connectivity index (χ1v) is 7.48.